The van der Waals surface area contributed by atoms with Gasteiger partial charge in [-0.2, -0.15) is 0 Å². The van der Waals surface area contributed by atoms with E-state index in [2.05, 4.69) is 9.88 Å². The molecule has 32 heavy (non-hydrogen) atoms. The van der Waals surface area contributed by atoms with Crippen molar-refractivity contribution in [2.75, 3.05) is 38.2 Å². The number of methoxy groups -OCH3 is 1. The fraction of sp³-hybridized carbons (Fsp3) is 0.208. The van der Waals surface area contributed by atoms with Crippen LogP contribution in [0.3, 0.4) is 0 Å². The molecular formula is C24H22N4O4. The average Bonchev–Trinajstić information content (AvgIpc) is 3.34. The van der Waals surface area contributed by atoms with Gasteiger partial charge < -0.3 is 19.0 Å². The average molecular weight is 430 g/mol. The number of ether oxygens (including phenoxy) is 1. The SMILES string of the molecule is COc1cccc(-n2ccnc2N2CCN(C(=O)c3cc(=O)c4ccccc4o3)CC2)c1. The Bertz CT molecular complexity index is 1340. The molecule has 0 N–H and O–H groups in total. The van der Waals surface area contributed by atoms with Crippen LogP contribution in [0.2, 0.25) is 0 Å². The summed E-state index contributed by atoms with van der Waals surface area (Å²) in [5.41, 5.74) is 1.16. The number of aromatic nitrogens is 2. The van der Waals surface area contributed by atoms with Gasteiger partial charge >= 0.3 is 0 Å². The van der Waals surface area contributed by atoms with Gasteiger partial charge in [-0.1, -0.05) is 18.2 Å². The first-order valence-corrected chi connectivity index (χ1v) is 10.4. The number of hydrogen-bond acceptors (Lipinski definition) is 6. The van der Waals surface area contributed by atoms with E-state index in [1.165, 1.54) is 6.07 Å². The highest BCUT2D eigenvalue weighted by Crippen LogP contribution is 2.23. The molecule has 162 valence electrons. The smallest absolute Gasteiger partial charge is 0.289 e. The maximum atomic E-state index is 13.0. The van der Waals surface area contributed by atoms with E-state index in [0.29, 0.717) is 37.1 Å². The van der Waals surface area contributed by atoms with Gasteiger partial charge in [0.05, 0.1) is 18.2 Å². The predicted octanol–water partition coefficient (Wildman–Crippen LogP) is 2.95. The van der Waals surface area contributed by atoms with Crippen molar-refractivity contribution in [1.29, 1.82) is 0 Å². The maximum Gasteiger partial charge on any atom is 0.289 e. The highest BCUT2D eigenvalue weighted by atomic mass is 16.5. The van der Waals surface area contributed by atoms with Crippen LogP contribution in [0.4, 0.5) is 5.95 Å². The number of benzene rings is 2. The number of imidazole rings is 1. The number of carbonyl (C=O) groups excluding carboxylic acids is 1. The first-order valence-electron chi connectivity index (χ1n) is 10.4. The molecule has 4 aromatic rings. The lowest BCUT2D eigenvalue weighted by Gasteiger charge is -2.35. The van der Waals surface area contributed by atoms with E-state index < -0.39 is 0 Å². The highest BCUT2D eigenvalue weighted by Gasteiger charge is 2.26. The molecule has 1 aliphatic rings. The quantitative estimate of drug-likeness (QED) is 0.495. The van der Waals surface area contributed by atoms with Gasteiger partial charge in [0.15, 0.2) is 11.2 Å². The number of anilines is 1. The van der Waals surface area contributed by atoms with E-state index in [4.69, 9.17) is 9.15 Å². The van der Waals surface area contributed by atoms with Crippen molar-refractivity contribution in [1.82, 2.24) is 14.5 Å². The van der Waals surface area contributed by atoms with E-state index in [1.54, 1.807) is 42.5 Å². The number of amides is 1. The van der Waals surface area contributed by atoms with Crippen molar-refractivity contribution in [2.45, 2.75) is 0 Å². The third-order valence-corrected chi connectivity index (χ3v) is 5.65. The van der Waals surface area contributed by atoms with Gasteiger partial charge in [-0.05, 0) is 24.3 Å². The van der Waals surface area contributed by atoms with Crippen molar-refractivity contribution in [3.8, 4) is 11.4 Å². The van der Waals surface area contributed by atoms with E-state index in [0.717, 1.165) is 17.4 Å². The van der Waals surface area contributed by atoms with Crippen LogP contribution in [0.5, 0.6) is 5.75 Å². The van der Waals surface area contributed by atoms with Gasteiger partial charge in [0, 0.05) is 50.7 Å². The molecule has 2 aromatic heterocycles. The van der Waals surface area contributed by atoms with Crippen molar-refractivity contribution in [2.24, 2.45) is 0 Å². The van der Waals surface area contributed by atoms with E-state index >= 15 is 0 Å². The Morgan fingerprint density at radius 1 is 1.03 bits per heavy atom. The number of hydrogen-bond donors (Lipinski definition) is 0. The molecule has 0 radical (unpaired) electrons. The second-order valence-electron chi connectivity index (χ2n) is 7.55. The molecule has 1 aliphatic heterocycles. The number of nitrogens with zero attached hydrogens (tertiary/aromatic N) is 4. The molecule has 0 bridgehead atoms. The van der Waals surface area contributed by atoms with E-state index in [9.17, 15) is 9.59 Å². The summed E-state index contributed by atoms with van der Waals surface area (Å²) in [5, 5.41) is 0.471. The Kier molecular flexibility index (Phi) is 5.10. The summed E-state index contributed by atoms with van der Waals surface area (Å²) in [6.07, 6.45) is 3.67. The van der Waals surface area contributed by atoms with Gasteiger partial charge in [-0.3, -0.25) is 14.2 Å². The monoisotopic (exact) mass is 430 g/mol. The van der Waals surface area contributed by atoms with Gasteiger partial charge in [0.25, 0.3) is 5.91 Å². The molecule has 0 spiro atoms. The second-order valence-corrected chi connectivity index (χ2v) is 7.55. The van der Waals surface area contributed by atoms with Crippen molar-refractivity contribution in [3.63, 3.8) is 0 Å². The maximum absolute atomic E-state index is 13.0. The molecule has 8 nitrogen and oxygen atoms in total. The minimum Gasteiger partial charge on any atom is -0.497 e. The molecule has 3 heterocycles. The molecule has 0 saturated carbocycles. The number of carbonyl (C=O) groups is 1. The zero-order valence-electron chi connectivity index (χ0n) is 17.6. The Hall–Kier alpha value is -4.07. The summed E-state index contributed by atoms with van der Waals surface area (Å²) in [6, 6.07) is 16.0. The van der Waals surface area contributed by atoms with Crippen LogP contribution in [-0.2, 0) is 0 Å². The molecule has 1 saturated heterocycles. The Labute approximate surface area is 184 Å². The fourth-order valence-corrected chi connectivity index (χ4v) is 3.97. The Balaban J connectivity index is 1.33. The minimum absolute atomic E-state index is 0.0695. The molecule has 0 atom stereocenters. The van der Waals surface area contributed by atoms with Gasteiger partial charge in [0.2, 0.25) is 5.95 Å². The van der Waals surface area contributed by atoms with E-state index in [-0.39, 0.29) is 17.1 Å². The van der Waals surface area contributed by atoms with Crippen molar-refractivity contribution < 1.29 is 13.9 Å². The number of fused-ring (bicyclic) bond motifs is 1. The number of rotatable bonds is 4. The zero-order chi connectivity index (χ0) is 22.1. The predicted molar refractivity (Wildman–Crippen MR) is 121 cm³/mol. The first-order chi connectivity index (χ1) is 15.6. The van der Waals surface area contributed by atoms with Crippen LogP contribution in [0, 0.1) is 0 Å². The van der Waals surface area contributed by atoms with Crippen LogP contribution < -0.4 is 15.1 Å². The second kappa shape index (κ2) is 8.22. The molecule has 2 aromatic carbocycles. The van der Waals surface area contributed by atoms with E-state index in [1.807, 2.05) is 35.0 Å². The largest absolute Gasteiger partial charge is 0.497 e. The van der Waals surface area contributed by atoms with Crippen molar-refractivity contribution in [3.05, 3.63) is 83.0 Å². The molecule has 1 fully saturated rings. The van der Waals surface area contributed by atoms with Crippen LogP contribution in [0.1, 0.15) is 10.6 Å². The van der Waals surface area contributed by atoms with Crippen LogP contribution in [-0.4, -0.2) is 53.6 Å². The summed E-state index contributed by atoms with van der Waals surface area (Å²) >= 11 is 0. The molecule has 0 aliphatic carbocycles. The third kappa shape index (κ3) is 3.60. The molecule has 0 unspecified atom stereocenters. The highest BCUT2D eigenvalue weighted by molar-refractivity contribution is 5.93. The third-order valence-electron chi connectivity index (χ3n) is 5.65. The van der Waals surface area contributed by atoms with Crippen LogP contribution >= 0.6 is 0 Å². The Morgan fingerprint density at radius 3 is 2.66 bits per heavy atom. The minimum atomic E-state index is -0.274. The Morgan fingerprint density at radius 2 is 1.84 bits per heavy atom. The lowest BCUT2D eigenvalue weighted by Crippen LogP contribution is -2.49. The lowest BCUT2D eigenvalue weighted by atomic mass is 10.2. The van der Waals surface area contributed by atoms with Crippen molar-refractivity contribution >= 4 is 22.8 Å². The summed E-state index contributed by atoms with van der Waals surface area (Å²) in [5.74, 6) is 1.38. The molecule has 1 amide bonds. The molecule has 8 heteroatoms. The zero-order valence-corrected chi connectivity index (χ0v) is 17.6. The first kappa shape index (κ1) is 19.9. The standard InChI is InChI=1S/C24H22N4O4/c1-31-18-6-4-5-17(15-18)28-10-9-25-24(28)27-13-11-26(12-14-27)23(30)22-16-20(29)19-7-2-3-8-21(19)32-22/h2-10,15-16H,11-14H2,1H3. The van der Waals surface area contributed by atoms with Gasteiger partial charge in [0.1, 0.15) is 11.3 Å². The van der Waals surface area contributed by atoms with Crippen LogP contribution in [0.25, 0.3) is 16.7 Å². The number of piperazine rings is 1. The fourth-order valence-electron chi connectivity index (χ4n) is 3.97. The topological polar surface area (TPSA) is 80.8 Å². The molecule has 5 rings (SSSR count). The van der Waals surface area contributed by atoms with Gasteiger partial charge in [-0.25, -0.2) is 4.98 Å². The summed E-state index contributed by atoms with van der Waals surface area (Å²) in [6.45, 7) is 2.23. The lowest BCUT2D eigenvalue weighted by molar-refractivity contribution is 0.0714. The molecular weight excluding hydrogens is 408 g/mol. The summed E-state index contributed by atoms with van der Waals surface area (Å²) in [4.78, 5) is 33.7. The summed E-state index contributed by atoms with van der Waals surface area (Å²) in [7, 11) is 1.64. The summed E-state index contributed by atoms with van der Waals surface area (Å²) < 4.78 is 13.1. The van der Waals surface area contributed by atoms with Crippen LogP contribution in [0.15, 0.2) is 76.2 Å². The number of para-hydroxylation sites is 1. The normalized spacial score (nSPS) is 14.0. The van der Waals surface area contributed by atoms with Gasteiger partial charge in [-0.15, -0.1) is 0 Å².